The maximum Gasteiger partial charge on any atom is 0.161 e. The molecule has 0 amide bonds. The van der Waals surface area contributed by atoms with Gasteiger partial charge in [-0.2, -0.15) is 0 Å². The third-order valence-electron chi connectivity index (χ3n) is 10.3. The average molecular weight is 774 g/mol. The van der Waals surface area contributed by atoms with Crippen molar-refractivity contribution in [2.75, 3.05) is 4.90 Å². The molecular formula is C50H31N9O. The lowest BCUT2D eigenvalue weighted by Crippen LogP contribution is -2.15. The zero-order valence-electron chi connectivity index (χ0n) is 31.8. The summed E-state index contributed by atoms with van der Waals surface area (Å²) in [7, 11) is 0. The fourth-order valence-corrected chi connectivity index (χ4v) is 7.55. The molecule has 4 aromatic carbocycles. The Balaban J connectivity index is 1.18. The van der Waals surface area contributed by atoms with Crippen LogP contribution in [0.4, 0.5) is 17.1 Å². The van der Waals surface area contributed by atoms with Crippen molar-refractivity contribution in [3.8, 4) is 79.6 Å². The maximum absolute atomic E-state index is 6.37. The SMILES string of the molecule is c1ccc(-c2cc(-c3cccnc3)nc(-c3cc(-c4nc(-c5cccnc5)cc(-c5ccccn5)n4)c4ccc(N5c6ccccc6Oc6ccccc65)cc4c3)n2)nc1. The Kier molecular flexibility index (Phi) is 8.55. The van der Waals surface area contributed by atoms with E-state index in [0.717, 1.165) is 84.4 Å². The van der Waals surface area contributed by atoms with Crippen molar-refractivity contribution in [1.82, 2.24) is 39.9 Å². The zero-order chi connectivity index (χ0) is 39.8. The fourth-order valence-electron chi connectivity index (χ4n) is 7.55. The standard InChI is InChI=1S/C50H31N9O/c1-3-17-47-45(15-1)59(46-16-2-4-18-48(46)60-47)36-19-20-37-34(26-36)25-35(49-55-41(32-11-9-21-51-30-32)28-43(57-49)39-13-5-7-23-53-39)27-38(37)50-56-42(33-12-10-22-52-31-33)29-44(58-50)40-14-6-8-24-54-40/h1-31H. The number of fused-ring (bicyclic) bond motifs is 3. The molecule has 0 bridgehead atoms. The van der Waals surface area contributed by atoms with E-state index < -0.39 is 0 Å². The first-order valence-electron chi connectivity index (χ1n) is 19.4. The molecule has 10 nitrogen and oxygen atoms in total. The van der Waals surface area contributed by atoms with Crippen molar-refractivity contribution < 1.29 is 4.74 Å². The van der Waals surface area contributed by atoms with Crippen LogP contribution >= 0.6 is 0 Å². The smallest absolute Gasteiger partial charge is 0.161 e. The molecular weight excluding hydrogens is 743 g/mol. The fraction of sp³-hybridized carbons (Fsp3) is 0. The highest BCUT2D eigenvalue weighted by Crippen LogP contribution is 2.51. The lowest BCUT2D eigenvalue weighted by atomic mass is 9.97. The highest BCUT2D eigenvalue weighted by molar-refractivity contribution is 6.02. The van der Waals surface area contributed by atoms with Gasteiger partial charge in [-0.05, 0) is 120 Å². The number of rotatable bonds is 7. The van der Waals surface area contributed by atoms with Crippen LogP contribution in [0.3, 0.4) is 0 Å². The Hall–Kier alpha value is -8.50. The second-order valence-corrected chi connectivity index (χ2v) is 14.1. The Morgan fingerprint density at radius 2 is 0.967 bits per heavy atom. The number of hydrogen-bond acceptors (Lipinski definition) is 10. The molecule has 6 aromatic heterocycles. The highest BCUT2D eigenvalue weighted by atomic mass is 16.5. The number of ether oxygens (including phenoxy) is 1. The van der Waals surface area contributed by atoms with E-state index in [9.17, 15) is 0 Å². The van der Waals surface area contributed by atoms with E-state index in [4.69, 9.17) is 24.7 Å². The minimum absolute atomic E-state index is 0.515. The van der Waals surface area contributed by atoms with Gasteiger partial charge in [0, 0.05) is 65.1 Å². The van der Waals surface area contributed by atoms with E-state index in [-0.39, 0.29) is 0 Å². The second kappa shape index (κ2) is 14.8. The summed E-state index contributed by atoms with van der Waals surface area (Å²) >= 11 is 0. The molecule has 282 valence electrons. The second-order valence-electron chi connectivity index (χ2n) is 14.1. The van der Waals surface area contributed by atoms with Gasteiger partial charge in [-0.15, -0.1) is 0 Å². The van der Waals surface area contributed by atoms with Crippen LogP contribution in [0, 0.1) is 0 Å². The molecule has 10 aromatic rings. The largest absolute Gasteiger partial charge is 0.453 e. The van der Waals surface area contributed by atoms with Crippen molar-refractivity contribution >= 4 is 27.8 Å². The van der Waals surface area contributed by atoms with E-state index >= 15 is 0 Å². The number of benzene rings is 4. The van der Waals surface area contributed by atoms with Gasteiger partial charge in [-0.25, -0.2) is 19.9 Å². The average Bonchev–Trinajstić information content (AvgIpc) is 3.33. The normalized spacial score (nSPS) is 11.8. The van der Waals surface area contributed by atoms with Gasteiger partial charge in [-0.1, -0.05) is 42.5 Å². The van der Waals surface area contributed by atoms with Gasteiger partial charge in [0.25, 0.3) is 0 Å². The molecule has 1 aliphatic heterocycles. The monoisotopic (exact) mass is 773 g/mol. The van der Waals surface area contributed by atoms with Gasteiger partial charge >= 0.3 is 0 Å². The summed E-state index contributed by atoms with van der Waals surface area (Å²) in [4.78, 5) is 41.1. The number of anilines is 3. The van der Waals surface area contributed by atoms with Crippen LogP contribution in [-0.2, 0) is 0 Å². The van der Waals surface area contributed by atoms with Crippen molar-refractivity contribution in [3.05, 3.63) is 189 Å². The lowest BCUT2D eigenvalue weighted by molar-refractivity contribution is 0.477. The summed E-state index contributed by atoms with van der Waals surface area (Å²) in [5.41, 5.74) is 10.4. The summed E-state index contributed by atoms with van der Waals surface area (Å²) in [6.07, 6.45) is 10.7. The molecule has 0 atom stereocenters. The highest BCUT2D eigenvalue weighted by Gasteiger charge is 2.26. The molecule has 0 saturated carbocycles. The Bertz CT molecular complexity index is 3030. The Morgan fingerprint density at radius 1 is 0.400 bits per heavy atom. The Morgan fingerprint density at radius 3 is 1.55 bits per heavy atom. The van der Waals surface area contributed by atoms with Crippen LogP contribution in [0.25, 0.3) is 78.8 Å². The third kappa shape index (κ3) is 6.44. The topological polar surface area (TPSA) is 116 Å². The quantitative estimate of drug-likeness (QED) is 0.155. The van der Waals surface area contributed by atoms with E-state index in [1.54, 1.807) is 31.0 Å². The van der Waals surface area contributed by atoms with Gasteiger partial charge in [0.2, 0.25) is 0 Å². The predicted octanol–water partition coefficient (Wildman–Crippen LogP) is 11.6. The summed E-state index contributed by atoms with van der Waals surface area (Å²) < 4.78 is 6.37. The summed E-state index contributed by atoms with van der Waals surface area (Å²) in [5.74, 6) is 2.58. The summed E-state index contributed by atoms with van der Waals surface area (Å²) in [6.45, 7) is 0. The molecule has 7 heterocycles. The summed E-state index contributed by atoms with van der Waals surface area (Å²) in [6, 6.07) is 50.2. The van der Waals surface area contributed by atoms with Crippen LogP contribution < -0.4 is 9.64 Å². The molecule has 0 radical (unpaired) electrons. The number of para-hydroxylation sites is 4. The molecule has 0 saturated heterocycles. The van der Waals surface area contributed by atoms with Crippen LogP contribution in [0.1, 0.15) is 0 Å². The van der Waals surface area contributed by atoms with E-state index in [2.05, 4.69) is 67.3 Å². The third-order valence-corrected chi connectivity index (χ3v) is 10.3. The Labute approximate surface area is 344 Å². The molecule has 0 unspecified atom stereocenters. The minimum Gasteiger partial charge on any atom is -0.453 e. The molecule has 0 N–H and O–H groups in total. The van der Waals surface area contributed by atoms with Gasteiger partial charge < -0.3 is 9.64 Å². The molecule has 10 heteroatoms. The zero-order valence-corrected chi connectivity index (χ0v) is 31.8. The molecule has 0 fully saturated rings. The van der Waals surface area contributed by atoms with Crippen LogP contribution in [-0.4, -0.2) is 39.9 Å². The molecule has 1 aliphatic rings. The van der Waals surface area contributed by atoms with Crippen molar-refractivity contribution in [3.63, 3.8) is 0 Å². The van der Waals surface area contributed by atoms with Crippen molar-refractivity contribution in [1.29, 1.82) is 0 Å². The van der Waals surface area contributed by atoms with Gasteiger partial charge in [0.15, 0.2) is 23.1 Å². The van der Waals surface area contributed by atoms with E-state index in [1.807, 2.05) is 115 Å². The minimum atomic E-state index is 0.515. The van der Waals surface area contributed by atoms with Crippen LogP contribution in [0.2, 0.25) is 0 Å². The van der Waals surface area contributed by atoms with Crippen molar-refractivity contribution in [2.24, 2.45) is 0 Å². The number of nitrogens with zero attached hydrogens (tertiary/aromatic N) is 9. The van der Waals surface area contributed by atoms with Gasteiger partial charge in [0.05, 0.1) is 45.5 Å². The maximum atomic E-state index is 6.37. The molecule has 60 heavy (non-hydrogen) atoms. The molecule has 0 spiro atoms. The van der Waals surface area contributed by atoms with E-state index in [1.165, 1.54) is 0 Å². The van der Waals surface area contributed by atoms with Crippen LogP contribution in [0.15, 0.2) is 189 Å². The number of pyridine rings is 4. The first kappa shape index (κ1) is 34.7. The van der Waals surface area contributed by atoms with Crippen molar-refractivity contribution in [2.45, 2.75) is 0 Å². The van der Waals surface area contributed by atoms with Gasteiger partial charge in [-0.3, -0.25) is 19.9 Å². The number of aromatic nitrogens is 8. The van der Waals surface area contributed by atoms with Crippen LogP contribution in [0.5, 0.6) is 11.5 Å². The number of hydrogen-bond donors (Lipinski definition) is 0. The summed E-state index contributed by atoms with van der Waals surface area (Å²) in [5, 5.41) is 1.88. The lowest BCUT2D eigenvalue weighted by Gasteiger charge is -2.33. The van der Waals surface area contributed by atoms with Gasteiger partial charge in [0.1, 0.15) is 0 Å². The van der Waals surface area contributed by atoms with E-state index in [0.29, 0.717) is 23.0 Å². The molecule has 11 rings (SSSR count). The first-order chi connectivity index (χ1) is 29.7. The predicted molar refractivity (Wildman–Crippen MR) is 234 cm³/mol. The molecule has 0 aliphatic carbocycles. The first-order valence-corrected chi connectivity index (χ1v) is 19.4.